The SMILES string of the molecule is Cc1cccc(=O)n1CCCCNC(=O)C(C)C. The van der Waals surface area contributed by atoms with Crippen molar-refractivity contribution in [2.45, 2.75) is 40.2 Å². The molecule has 0 unspecified atom stereocenters. The van der Waals surface area contributed by atoms with Crippen LogP contribution in [-0.2, 0) is 11.3 Å². The third-order valence-electron chi connectivity index (χ3n) is 2.90. The third-order valence-corrected chi connectivity index (χ3v) is 2.90. The minimum Gasteiger partial charge on any atom is -0.356 e. The van der Waals surface area contributed by atoms with Crippen molar-refractivity contribution in [2.75, 3.05) is 6.54 Å². The van der Waals surface area contributed by atoms with E-state index < -0.39 is 0 Å². The molecule has 0 radical (unpaired) electrons. The zero-order valence-corrected chi connectivity index (χ0v) is 11.4. The Balaban J connectivity index is 2.31. The van der Waals surface area contributed by atoms with E-state index in [1.165, 1.54) is 0 Å². The fourth-order valence-electron chi connectivity index (χ4n) is 1.72. The van der Waals surface area contributed by atoms with Gasteiger partial charge < -0.3 is 9.88 Å². The van der Waals surface area contributed by atoms with E-state index in [2.05, 4.69) is 5.32 Å². The normalized spacial score (nSPS) is 10.7. The molecule has 0 spiro atoms. The summed E-state index contributed by atoms with van der Waals surface area (Å²) in [6.07, 6.45) is 1.78. The van der Waals surface area contributed by atoms with Crippen LogP contribution in [0, 0.1) is 12.8 Å². The highest BCUT2D eigenvalue weighted by molar-refractivity contribution is 5.77. The van der Waals surface area contributed by atoms with Crippen molar-refractivity contribution in [3.05, 3.63) is 34.2 Å². The number of rotatable bonds is 6. The van der Waals surface area contributed by atoms with Crippen LogP contribution >= 0.6 is 0 Å². The van der Waals surface area contributed by atoms with Crippen LogP contribution < -0.4 is 10.9 Å². The Labute approximate surface area is 108 Å². The van der Waals surface area contributed by atoms with E-state index in [4.69, 9.17) is 0 Å². The number of carbonyl (C=O) groups excluding carboxylic acids is 1. The van der Waals surface area contributed by atoms with Gasteiger partial charge in [-0.2, -0.15) is 0 Å². The van der Waals surface area contributed by atoms with Crippen LogP contribution in [0.25, 0.3) is 0 Å². The van der Waals surface area contributed by atoms with Gasteiger partial charge in [-0.1, -0.05) is 19.9 Å². The fraction of sp³-hybridized carbons (Fsp3) is 0.571. The molecule has 100 valence electrons. The molecule has 0 atom stereocenters. The van der Waals surface area contributed by atoms with Crippen molar-refractivity contribution >= 4 is 5.91 Å². The number of hydrogen-bond acceptors (Lipinski definition) is 2. The molecular weight excluding hydrogens is 228 g/mol. The Morgan fingerprint density at radius 3 is 2.67 bits per heavy atom. The lowest BCUT2D eigenvalue weighted by Crippen LogP contribution is -2.29. The van der Waals surface area contributed by atoms with Crippen LogP contribution in [0.15, 0.2) is 23.0 Å². The average Bonchev–Trinajstić information content (AvgIpc) is 2.31. The number of nitrogens with zero attached hydrogens (tertiary/aromatic N) is 1. The lowest BCUT2D eigenvalue weighted by Gasteiger charge is -2.10. The highest BCUT2D eigenvalue weighted by Crippen LogP contribution is 1.98. The molecule has 18 heavy (non-hydrogen) atoms. The molecule has 1 aromatic heterocycles. The van der Waals surface area contributed by atoms with Crippen molar-refractivity contribution in [3.63, 3.8) is 0 Å². The van der Waals surface area contributed by atoms with E-state index in [9.17, 15) is 9.59 Å². The molecule has 4 nitrogen and oxygen atoms in total. The minimum absolute atomic E-state index is 0.0315. The number of carbonyl (C=O) groups is 1. The summed E-state index contributed by atoms with van der Waals surface area (Å²) in [5, 5.41) is 2.87. The average molecular weight is 250 g/mol. The first-order chi connectivity index (χ1) is 8.52. The van der Waals surface area contributed by atoms with Crippen LogP contribution in [0.2, 0.25) is 0 Å². The number of pyridine rings is 1. The molecule has 0 fully saturated rings. The summed E-state index contributed by atoms with van der Waals surface area (Å²) in [5.74, 6) is 0.118. The van der Waals surface area contributed by atoms with Gasteiger partial charge in [-0.05, 0) is 25.8 Å². The fourth-order valence-corrected chi connectivity index (χ4v) is 1.72. The quantitative estimate of drug-likeness (QED) is 0.781. The predicted molar refractivity (Wildman–Crippen MR) is 72.5 cm³/mol. The van der Waals surface area contributed by atoms with E-state index in [1.54, 1.807) is 16.7 Å². The van der Waals surface area contributed by atoms with E-state index in [0.717, 1.165) is 18.5 Å². The van der Waals surface area contributed by atoms with Gasteiger partial charge in [0.05, 0.1) is 0 Å². The number of aryl methyl sites for hydroxylation is 1. The highest BCUT2D eigenvalue weighted by atomic mass is 16.1. The molecule has 0 aliphatic heterocycles. The van der Waals surface area contributed by atoms with Gasteiger partial charge in [-0.3, -0.25) is 9.59 Å². The van der Waals surface area contributed by atoms with Gasteiger partial charge in [0.15, 0.2) is 0 Å². The first kappa shape index (κ1) is 14.5. The Kier molecular flexibility index (Phi) is 5.62. The molecule has 0 bridgehead atoms. The number of hydrogen-bond donors (Lipinski definition) is 1. The molecule has 0 saturated carbocycles. The van der Waals surface area contributed by atoms with E-state index in [-0.39, 0.29) is 17.4 Å². The van der Waals surface area contributed by atoms with Crippen LogP contribution in [0.4, 0.5) is 0 Å². The minimum atomic E-state index is 0.0315. The Morgan fingerprint density at radius 1 is 1.33 bits per heavy atom. The molecule has 0 aliphatic rings. The first-order valence-electron chi connectivity index (χ1n) is 6.46. The standard InChI is InChI=1S/C14H22N2O2/c1-11(2)14(18)15-9-4-5-10-16-12(3)7-6-8-13(16)17/h6-8,11H,4-5,9-10H2,1-3H3,(H,15,18). The van der Waals surface area contributed by atoms with Gasteiger partial charge >= 0.3 is 0 Å². The lowest BCUT2D eigenvalue weighted by molar-refractivity contribution is -0.123. The predicted octanol–water partition coefficient (Wildman–Crippen LogP) is 1.71. The smallest absolute Gasteiger partial charge is 0.250 e. The Hall–Kier alpha value is -1.58. The van der Waals surface area contributed by atoms with Gasteiger partial charge in [0.2, 0.25) is 5.91 Å². The number of nitrogens with one attached hydrogen (secondary N) is 1. The lowest BCUT2D eigenvalue weighted by atomic mass is 10.2. The Bertz CT molecular complexity index is 449. The molecule has 1 N–H and O–H groups in total. The molecule has 0 aliphatic carbocycles. The maximum atomic E-state index is 11.6. The van der Waals surface area contributed by atoms with Gasteiger partial charge in [-0.25, -0.2) is 0 Å². The van der Waals surface area contributed by atoms with Crippen molar-refractivity contribution in [2.24, 2.45) is 5.92 Å². The highest BCUT2D eigenvalue weighted by Gasteiger charge is 2.05. The van der Waals surface area contributed by atoms with E-state index in [1.807, 2.05) is 26.8 Å². The van der Waals surface area contributed by atoms with Crippen LogP contribution in [0.5, 0.6) is 0 Å². The molecule has 0 saturated heterocycles. The molecule has 1 amide bonds. The van der Waals surface area contributed by atoms with Gasteiger partial charge in [-0.15, -0.1) is 0 Å². The second-order valence-electron chi connectivity index (χ2n) is 4.81. The largest absolute Gasteiger partial charge is 0.356 e. The Morgan fingerprint density at radius 2 is 2.06 bits per heavy atom. The summed E-state index contributed by atoms with van der Waals surface area (Å²) >= 11 is 0. The zero-order chi connectivity index (χ0) is 13.5. The molecule has 1 rings (SSSR count). The monoisotopic (exact) mass is 250 g/mol. The van der Waals surface area contributed by atoms with E-state index in [0.29, 0.717) is 13.1 Å². The number of amides is 1. The van der Waals surface area contributed by atoms with Crippen molar-refractivity contribution in [1.82, 2.24) is 9.88 Å². The van der Waals surface area contributed by atoms with Crippen molar-refractivity contribution < 1.29 is 4.79 Å². The maximum absolute atomic E-state index is 11.6. The summed E-state index contributed by atoms with van der Waals surface area (Å²) in [6, 6.07) is 5.28. The summed E-state index contributed by atoms with van der Waals surface area (Å²) < 4.78 is 1.77. The summed E-state index contributed by atoms with van der Waals surface area (Å²) in [4.78, 5) is 22.9. The van der Waals surface area contributed by atoms with Gasteiger partial charge in [0.25, 0.3) is 5.56 Å². The summed E-state index contributed by atoms with van der Waals surface area (Å²) in [7, 11) is 0. The van der Waals surface area contributed by atoms with Crippen LogP contribution in [-0.4, -0.2) is 17.0 Å². The zero-order valence-electron chi connectivity index (χ0n) is 11.4. The van der Waals surface area contributed by atoms with Gasteiger partial charge in [0, 0.05) is 30.8 Å². The van der Waals surface area contributed by atoms with Crippen molar-refractivity contribution in [1.29, 1.82) is 0 Å². The maximum Gasteiger partial charge on any atom is 0.250 e. The third kappa shape index (κ3) is 4.35. The second-order valence-corrected chi connectivity index (χ2v) is 4.81. The molecular formula is C14H22N2O2. The second kappa shape index (κ2) is 6.99. The molecule has 0 aromatic carbocycles. The van der Waals surface area contributed by atoms with Crippen molar-refractivity contribution in [3.8, 4) is 0 Å². The number of aromatic nitrogens is 1. The summed E-state index contributed by atoms with van der Waals surface area (Å²) in [5.41, 5.74) is 1.02. The topological polar surface area (TPSA) is 51.1 Å². The molecule has 1 heterocycles. The molecule has 4 heteroatoms. The van der Waals surface area contributed by atoms with Crippen LogP contribution in [0.3, 0.4) is 0 Å². The summed E-state index contributed by atoms with van der Waals surface area (Å²) in [6.45, 7) is 7.08. The molecule has 1 aromatic rings. The van der Waals surface area contributed by atoms with Crippen LogP contribution in [0.1, 0.15) is 32.4 Å². The van der Waals surface area contributed by atoms with Gasteiger partial charge in [0.1, 0.15) is 0 Å². The van der Waals surface area contributed by atoms with E-state index >= 15 is 0 Å². The number of unbranched alkanes of at least 4 members (excludes halogenated alkanes) is 1. The first-order valence-corrected chi connectivity index (χ1v) is 6.46.